The molecule has 4 aromatic carbocycles. The Bertz CT molecular complexity index is 1120. The first kappa shape index (κ1) is 17.8. The minimum Gasteiger partial charge on any atom is -0.222 e. The van der Waals surface area contributed by atoms with Gasteiger partial charge in [0.25, 0.3) is 0 Å². The standard InChI is InChI=1S/C22H16N2O3P/c25-28(27-22-12-6-8-17-7-4-5-11-21(17)22)26-20-15-13-19(14-16-20)24-23-18-9-2-1-3-10-18/h1-16H/q+1. The van der Waals surface area contributed by atoms with Crippen molar-refractivity contribution in [3.05, 3.63) is 97.1 Å². The molecule has 0 spiro atoms. The maximum absolute atomic E-state index is 12.3. The normalized spacial score (nSPS) is 11.5. The fourth-order valence-corrected chi connectivity index (χ4v) is 3.30. The van der Waals surface area contributed by atoms with Gasteiger partial charge in [0.15, 0.2) is 11.5 Å². The van der Waals surface area contributed by atoms with Gasteiger partial charge in [-0.1, -0.05) is 54.6 Å². The molecular weight excluding hydrogens is 371 g/mol. The molecule has 5 nitrogen and oxygen atoms in total. The van der Waals surface area contributed by atoms with Crippen LogP contribution in [0.2, 0.25) is 0 Å². The molecule has 0 saturated heterocycles. The fourth-order valence-electron chi connectivity index (χ4n) is 2.64. The average molecular weight is 387 g/mol. The predicted molar refractivity (Wildman–Crippen MR) is 110 cm³/mol. The Hall–Kier alpha value is -3.56. The van der Waals surface area contributed by atoms with Gasteiger partial charge in [-0.05, 0) is 47.9 Å². The van der Waals surface area contributed by atoms with E-state index in [9.17, 15) is 4.57 Å². The second kappa shape index (κ2) is 8.42. The Morgan fingerprint density at radius 3 is 2.04 bits per heavy atom. The van der Waals surface area contributed by atoms with Crippen molar-refractivity contribution in [2.45, 2.75) is 0 Å². The lowest BCUT2D eigenvalue weighted by molar-refractivity contribution is 0.417. The van der Waals surface area contributed by atoms with Crippen LogP contribution in [0.5, 0.6) is 11.5 Å². The van der Waals surface area contributed by atoms with E-state index in [1.54, 1.807) is 30.3 Å². The van der Waals surface area contributed by atoms with Crippen LogP contribution < -0.4 is 9.05 Å². The van der Waals surface area contributed by atoms with E-state index in [-0.39, 0.29) is 0 Å². The minimum atomic E-state index is -2.36. The first-order valence-electron chi connectivity index (χ1n) is 8.66. The second-order valence-electron chi connectivity index (χ2n) is 5.91. The molecular formula is C22H16N2O3P+. The predicted octanol–water partition coefficient (Wildman–Crippen LogP) is 7.37. The summed E-state index contributed by atoms with van der Waals surface area (Å²) in [5.41, 5.74) is 1.44. The second-order valence-corrected chi connectivity index (χ2v) is 6.73. The maximum Gasteiger partial charge on any atom is 0.805 e. The van der Waals surface area contributed by atoms with E-state index < -0.39 is 8.25 Å². The maximum atomic E-state index is 12.3. The molecule has 1 unspecified atom stereocenters. The molecule has 0 heterocycles. The molecule has 6 heteroatoms. The van der Waals surface area contributed by atoms with Crippen molar-refractivity contribution in [1.29, 1.82) is 0 Å². The van der Waals surface area contributed by atoms with Crippen molar-refractivity contribution in [1.82, 2.24) is 0 Å². The van der Waals surface area contributed by atoms with Crippen LogP contribution in [0.15, 0.2) is 107 Å². The van der Waals surface area contributed by atoms with E-state index in [0.717, 1.165) is 16.5 Å². The molecule has 4 rings (SSSR count). The summed E-state index contributed by atoms with van der Waals surface area (Å²) in [5.74, 6) is 0.951. The molecule has 1 atom stereocenters. The molecule has 4 aromatic rings. The zero-order valence-corrected chi connectivity index (χ0v) is 15.7. The van der Waals surface area contributed by atoms with Crippen molar-refractivity contribution >= 4 is 30.4 Å². The van der Waals surface area contributed by atoms with Crippen LogP contribution >= 0.6 is 8.25 Å². The number of benzene rings is 4. The summed E-state index contributed by atoms with van der Waals surface area (Å²) >= 11 is 0. The third-order valence-electron chi connectivity index (χ3n) is 3.98. The summed E-state index contributed by atoms with van der Waals surface area (Å²) < 4.78 is 23.2. The van der Waals surface area contributed by atoms with Crippen LogP contribution in [0, 0.1) is 0 Å². The Morgan fingerprint density at radius 1 is 0.607 bits per heavy atom. The van der Waals surface area contributed by atoms with Crippen molar-refractivity contribution in [2.24, 2.45) is 10.2 Å². The topological polar surface area (TPSA) is 60.2 Å². The highest BCUT2D eigenvalue weighted by Crippen LogP contribution is 2.35. The Balaban J connectivity index is 1.41. The van der Waals surface area contributed by atoms with Gasteiger partial charge in [-0.2, -0.15) is 10.2 Å². The van der Waals surface area contributed by atoms with Crippen LogP contribution in [-0.4, -0.2) is 0 Å². The van der Waals surface area contributed by atoms with E-state index >= 15 is 0 Å². The Labute approximate surface area is 163 Å². The lowest BCUT2D eigenvalue weighted by Crippen LogP contribution is -1.89. The monoisotopic (exact) mass is 387 g/mol. The lowest BCUT2D eigenvalue weighted by atomic mass is 10.1. The zero-order chi connectivity index (χ0) is 19.2. The van der Waals surface area contributed by atoms with Gasteiger partial charge in [0.05, 0.1) is 11.4 Å². The van der Waals surface area contributed by atoms with E-state index in [0.29, 0.717) is 17.2 Å². The molecule has 0 fully saturated rings. The highest BCUT2D eigenvalue weighted by atomic mass is 31.1. The van der Waals surface area contributed by atoms with Gasteiger partial charge in [-0.3, -0.25) is 0 Å². The molecule has 0 N–H and O–H groups in total. The van der Waals surface area contributed by atoms with Gasteiger partial charge in [-0.25, -0.2) is 9.05 Å². The largest absolute Gasteiger partial charge is 0.805 e. The number of hydrogen-bond acceptors (Lipinski definition) is 5. The lowest BCUT2D eigenvalue weighted by Gasteiger charge is -2.00. The summed E-state index contributed by atoms with van der Waals surface area (Å²) in [4.78, 5) is 0. The van der Waals surface area contributed by atoms with Crippen molar-refractivity contribution in [3.63, 3.8) is 0 Å². The molecule has 0 aromatic heterocycles. The number of fused-ring (bicyclic) bond motifs is 1. The van der Waals surface area contributed by atoms with Crippen LogP contribution in [0.4, 0.5) is 11.4 Å². The first-order chi connectivity index (χ1) is 13.8. The average Bonchev–Trinajstić information content (AvgIpc) is 2.74. The van der Waals surface area contributed by atoms with Gasteiger partial charge in [0.1, 0.15) is 0 Å². The van der Waals surface area contributed by atoms with Crippen molar-refractivity contribution < 1.29 is 13.6 Å². The van der Waals surface area contributed by atoms with E-state index in [2.05, 4.69) is 10.2 Å². The van der Waals surface area contributed by atoms with Crippen molar-refractivity contribution in [2.75, 3.05) is 0 Å². The highest BCUT2D eigenvalue weighted by Gasteiger charge is 2.25. The highest BCUT2D eigenvalue weighted by molar-refractivity contribution is 7.34. The number of azo groups is 1. The molecule has 0 saturated carbocycles. The molecule has 28 heavy (non-hydrogen) atoms. The summed E-state index contributed by atoms with van der Waals surface area (Å²) in [5, 5.41) is 10.2. The van der Waals surface area contributed by atoms with Crippen molar-refractivity contribution in [3.8, 4) is 11.5 Å². The molecule has 0 aliphatic carbocycles. The van der Waals surface area contributed by atoms with E-state index in [1.807, 2.05) is 66.7 Å². The minimum absolute atomic E-state index is 0.431. The number of hydrogen-bond donors (Lipinski definition) is 0. The molecule has 0 aliphatic rings. The quantitative estimate of drug-likeness (QED) is 0.256. The van der Waals surface area contributed by atoms with E-state index in [1.165, 1.54) is 0 Å². The van der Waals surface area contributed by atoms with Gasteiger partial charge in [0.2, 0.25) is 0 Å². The fraction of sp³-hybridized carbons (Fsp3) is 0. The summed E-state index contributed by atoms with van der Waals surface area (Å²) in [6, 6.07) is 29.6. The van der Waals surface area contributed by atoms with Crippen LogP contribution in [-0.2, 0) is 4.57 Å². The number of nitrogens with zero attached hydrogens (tertiary/aromatic N) is 2. The first-order valence-corrected chi connectivity index (χ1v) is 9.75. The molecule has 0 radical (unpaired) electrons. The smallest absolute Gasteiger partial charge is 0.222 e. The van der Waals surface area contributed by atoms with Crippen LogP contribution in [0.1, 0.15) is 0 Å². The van der Waals surface area contributed by atoms with Gasteiger partial charge >= 0.3 is 8.25 Å². The summed E-state index contributed by atoms with van der Waals surface area (Å²) in [7, 11) is -2.36. The molecule has 0 aliphatic heterocycles. The van der Waals surface area contributed by atoms with E-state index in [4.69, 9.17) is 9.05 Å². The summed E-state index contributed by atoms with van der Waals surface area (Å²) in [6.45, 7) is 0. The third kappa shape index (κ3) is 4.40. The van der Waals surface area contributed by atoms with Gasteiger partial charge in [-0.15, -0.1) is 0 Å². The van der Waals surface area contributed by atoms with Crippen LogP contribution in [0.3, 0.4) is 0 Å². The Kier molecular flexibility index (Phi) is 5.36. The van der Waals surface area contributed by atoms with Gasteiger partial charge < -0.3 is 0 Å². The molecule has 0 amide bonds. The Morgan fingerprint density at radius 2 is 1.25 bits per heavy atom. The SMILES string of the molecule is O=[P+](Oc1ccc(N=Nc2ccccc2)cc1)Oc1cccc2ccccc12. The van der Waals surface area contributed by atoms with Gasteiger partial charge in [0, 0.05) is 9.95 Å². The van der Waals surface area contributed by atoms with Crippen LogP contribution in [0.25, 0.3) is 10.8 Å². The third-order valence-corrected chi connectivity index (χ3v) is 4.68. The molecule has 136 valence electrons. The number of rotatable bonds is 6. The zero-order valence-electron chi connectivity index (χ0n) is 14.8. The summed E-state index contributed by atoms with van der Waals surface area (Å²) in [6.07, 6.45) is 0. The molecule has 0 bridgehead atoms.